The van der Waals surface area contributed by atoms with Gasteiger partial charge in [-0.1, -0.05) is 57.2 Å². The topological polar surface area (TPSA) is 30.7 Å². The van der Waals surface area contributed by atoms with Crippen LogP contribution in [-0.2, 0) is 5.41 Å². The molecule has 0 saturated heterocycles. The van der Waals surface area contributed by atoms with Crippen molar-refractivity contribution in [2.45, 2.75) is 26.2 Å². The fraction of sp³-hybridized carbons (Fsp3) is 0.200. The SMILES string of the molecule is CC(C)(C)c1cnc(-n2c3ccccc3c3ccccc32)nc1. The Hall–Kier alpha value is -2.68. The van der Waals surface area contributed by atoms with Gasteiger partial charge in [-0.05, 0) is 23.1 Å². The highest BCUT2D eigenvalue weighted by molar-refractivity contribution is 6.08. The molecule has 0 radical (unpaired) electrons. The Kier molecular flexibility index (Phi) is 2.98. The molecule has 0 saturated carbocycles. The number of para-hydroxylation sites is 2. The van der Waals surface area contributed by atoms with Gasteiger partial charge in [0.05, 0.1) is 11.0 Å². The number of hydrogen-bond donors (Lipinski definition) is 0. The van der Waals surface area contributed by atoms with Crippen LogP contribution in [0.1, 0.15) is 26.3 Å². The Morgan fingerprint density at radius 1 is 0.739 bits per heavy atom. The fourth-order valence-corrected chi connectivity index (χ4v) is 2.96. The smallest absolute Gasteiger partial charge is 0.234 e. The van der Waals surface area contributed by atoms with Crippen molar-refractivity contribution in [3.63, 3.8) is 0 Å². The van der Waals surface area contributed by atoms with Crippen LogP contribution in [0.5, 0.6) is 0 Å². The average Bonchev–Trinajstić information content (AvgIpc) is 2.89. The van der Waals surface area contributed by atoms with Crippen LogP contribution < -0.4 is 0 Å². The van der Waals surface area contributed by atoms with Gasteiger partial charge in [0.15, 0.2) is 0 Å². The number of hydrogen-bond acceptors (Lipinski definition) is 2. The molecule has 23 heavy (non-hydrogen) atoms. The molecular formula is C20H19N3. The average molecular weight is 301 g/mol. The van der Waals surface area contributed by atoms with Crippen molar-refractivity contribution >= 4 is 21.8 Å². The zero-order valence-corrected chi connectivity index (χ0v) is 13.6. The third-order valence-electron chi connectivity index (χ3n) is 4.28. The van der Waals surface area contributed by atoms with Gasteiger partial charge in [0, 0.05) is 23.2 Å². The van der Waals surface area contributed by atoms with Gasteiger partial charge in [0.1, 0.15) is 0 Å². The highest BCUT2D eigenvalue weighted by Gasteiger charge is 2.16. The van der Waals surface area contributed by atoms with Gasteiger partial charge < -0.3 is 0 Å². The third kappa shape index (κ3) is 2.20. The summed E-state index contributed by atoms with van der Waals surface area (Å²) >= 11 is 0. The van der Waals surface area contributed by atoms with E-state index in [0.29, 0.717) is 0 Å². The number of aromatic nitrogens is 3. The van der Waals surface area contributed by atoms with Gasteiger partial charge in [-0.15, -0.1) is 0 Å². The van der Waals surface area contributed by atoms with Crippen LogP contribution in [0.15, 0.2) is 60.9 Å². The van der Waals surface area contributed by atoms with Crippen LogP contribution in [0.25, 0.3) is 27.8 Å². The minimum Gasteiger partial charge on any atom is -0.278 e. The first-order valence-corrected chi connectivity index (χ1v) is 7.87. The van der Waals surface area contributed by atoms with E-state index in [1.165, 1.54) is 10.8 Å². The molecule has 0 aliphatic carbocycles. The summed E-state index contributed by atoms with van der Waals surface area (Å²) in [4.78, 5) is 9.28. The summed E-state index contributed by atoms with van der Waals surface area (Å²) in [5.74, 6) is 0.718. The minimum atomic E-state index is 0.0549. The number of fused-ring (bicyclic) bond motifs is 3. The van der Waals surface area contributed by atoms with Crippen molar-refractivity contribution < 1.29 is 0 Å². The van der Waals surface area contributed by atoms with Gasteiger partial charge in [-0.2, -0.15) is 0 Å². The molecule has 0 unspecified atom stereocenters. The molecule has 3 heteroatoms. The highest BCUT2D eigenvalue weighted by atomic mass is 15.1. The molecule has 4 aromatic rings. The summed E-state index contributed by atoms with van der Waals surface area (Å²) in [7, 11) is 0. The molecule has 4 rings (SSSR count). The Morgan fingerprint density at radius 3 is 1.70 bits per heavy atom. The molecule has 2 aromatic heterocycles. The molecule has 0 bridgehead atoms. The van der Waals surface area contributed by atoms with Crippen LogP contribution in [-0.4, -0.2) is 14.5 Å². The number of nitrogens with zero attached hydrogens (tertiary/aromatic N) is 3. The van der Waals surface area contributed by atoms with E-state index in [9.17, 15) is 0 Å². The lowest BCUT2D eigenvalue weighted by molar-refractivity contribution is 0.583. The molecule has 0 amide bonds. The van der Waals surface area contributed by atoms with Crippen molar-refractivity contribution in [1.29, 1.82) is 0 Å². The maximum Gasteiger partial charge on any atom is 0.234 e. The maximum absolute atomic E-state index is 4.64. The number of benzene rings is 2. The van der Waals surface area contributed by atoms with Gasteiger partial charge in [0.2, 0.25) is 5.95 Å². The molecule has 0 spiro atoms. The quantitative estimate of drug-likeness (QED) is 0.502. The van der Waals surface area contributed by atoms with Crippen molar-refractivity contribution in [3.05, 3.63) is 66.5 Å². The molecular weight excluding hydrogens is 282 g/mol. The van der Waals surface area contributed by atoms with Crippen LogP contribution in [0, 0.1) is 0 Å². The number of rotatable bonds is 1. The molecule has 0 aliphatic rings. The predicted molar refractivity (Wildman–Crippen MR) is 95.1 cm³/mol. The van der Waals surface area contributed by atoms with E-state index < -0.39 is 0 Å². The van der Waals surface area contributed by atoms with Crippen LogP contribution in [0.3, 0.4) is 0 Å². The Labute approximate surface area is 135 Å². The van der Waals surface area contributed by atoms with E-state index in [1.54, 1.807) is 0 Å². The lowest BCUT2D eigenvalue weighted by Crippen LogP contribution is -2.13. The maximum atomic E-state index is 4.64. The van der Waals surface area contributed by atoms with E-state index >= 15 is 0 Å². The lowest BCUT2D eigenvalue weighted by atomic mass is 9.89. The summed E-state index contributed by atoms with van der Waals surface area (Å²) < 4.78 is 2.14. The molecule has 2 aromatic carbocycles. The van der Waals surface area contributed by atoms with Gasteiger partial charge >= 0.3 is 0 Å². The second kappa shape index (κ2) is 4.92. The summed E-state index contributed by atoms with van der Waals surface area (Å²) in [5.41, 5.74) is 3.47. The normalized spacial score (nSPS) is 12.1. The fourth-order valence-electron chi connectivity index (χ4n) is 2.96. The van der Waals surface area contributed by atoms with Crippen molar-refractivity contribution in [1.82, 2.24) is 14.5 Å². The summed E-state index contributed by atoms with van der Waals surface area (Å²) in [6.07, 6.45) is 3.87. The van der Waals surface area contributed by atoms with Crippen LogP contribution >= 0.6 is 0 Å². The standard InChI is InChI=1S/C20H19N3/c1-20(2,3)14-12-21-19(22-13-14)23-17-10-6-4-8-15(17)16-9-5-7-11-18(16)23/h4-13H,1-3H3. The van der Waals surface area contributed by atoms with E-state index in [4.69, 9.17) is 0 Å². The second-order valence-corrected chi connectivity index (χ2v) is 6.89. The van der Waals surface area contributed by atoms with E-state index in [2.05, 4.69) is 83.8 Å². The highest BCUT2D eigenvalue weighted by Crippen LogP contribution is 2.30. The largest absolute Gasteiger partial charge is 0.278 e. The molecule has 2 heterocycles. The minimum absolute atomic E-state index is 0.0549. The summed E-state index contributed by atoms with van der Waals surface area (Å²) in [5, 5.41) is 2.46. The Morgan fingerprint density at radius 2 is 1.22 bits per heavy atom. The van der Waals surface area contributed by atoms with E-state index in [-0.39, 0.29) is 5.41 Å². The second-order valence-electron chi connectivity index (χ2n) is 6.89. The predicted octanol–water partition coefficient (Wildman–Crippen LogP) is 4.87. The summed E-state index contributed by atoms with van der Waals surface area (Å²) in [6, 6.07) is 16.8. The zero-order chi connectivity index (χ0) is 16.0. The van der Waals surface area contributed by atoms with Crippen molar-refractivity contribution in [3.8, 4) is 5.95 Å². The zero-order valence-electron chi connectivity index (χ0n) is 13.6. The molecule has 3 nitrogen and oxygen atoms in total. The van der Waals surface area contributed by atoms with Crippen molar-refractivity contribution in [2.24, 2.45) is 0 Å². The van der Waals surface area contributed by atoms with Crippen LogP contribution in [0.2, 0.25) is 0 Å². The third-order valence-corrected chi connectivity index (χ3v) is 4.28. The van der Waals surface area contributed by atoms with E-state index in [0.717, 1.165) is 22.5 Å². The van der Waals surface area contributed by atoms with Gasteiger partial charge in [0.25, 0.3) is 0 Å². The first-order chi connectivity index (χ1) is 11.1. The van der Waals surface area contributed by atoms with Crippen LogP contribution in [0.4, 0.5) is 0 Å². The lowest BCUT2D eigenvalue weighted by Gasteiger charge is -2.18. The molecule has 114 valence electrons. The molecule has 0 aliphatic heterocycles. The first-order valence-electron chi connectivity index (χ1n) is 7.87. The molecule has 0 atom stereocenters. The van der Waals surface area contributed by atoms with Gasteiger partial charge in [-0.25, -0.2) is 9.97 Å². The van der Waals surface area contributed by atoms with Gasteiger partial charge in [-0.3, -0.25) is 4.57 Å². The Bertz CT molecular complexity index is 936. The summed E-state index contributed by atoms with van der Waals surface area (Å²) in [6.45, 7) is 6.52. The molecule has 0 N–H and O–H groups in total. The Balaban J connectivity index is 2.01. The monoisotopic (exact) mass is 301 g/mol. The van der Waals surface area contributed by atoms with E-state index in [1.807, 2.05) is 12.4 Å². The van der Waals surface area contributed by atoms with Crippen molar-refractivity contribution in [2.75, 3.05) is 0 Å². The molecule has 0 fully saturated rings. The first kappa shape index (κ1) is 13.9.